The fourth-order valence-electron chi connectivity index (χ4n) is 1.66. The van der Waals surface area contributed by atoms with Gasteiger partial charge in [0.25, 0.3) is 0 Å². The Morgan fingerprint density at radius 2 is 2.10 bits per heavy atom. The van der Waals surface area contributed by atoms with E-state index >= 15 is 0 Å². The highest BCUT2D eigenvalue weighted by Gasteiger charge is 2.30. The van der Waals surface area contributed by atoms with E-state index in [1.807, 2.05) is 0 Å². The summed E-state index contributed by atoms with van der Waals surface area (Å²) in [6.45, 7) is 3.41. The fraction of sp³-hybridized carbons (Fsp3) is 0.250. The molecular formula is C12H14FN3O2S2. The summed E-state index contributed by atoms with van der Waals surface area (Å²) >= 11 is 1.35. The van der Waals surface area contributed by atoms with Crippen LogP contribution in [-0.4, -0.2) is 13.4 Å². The second-order valence-corrected chi connectivity index (χ2v) is 7.33. The van der Waals surface area contributed by atoms with Crippen LogP contribution in [-0.2, 0) is 15.6 Å². The Balaban J connectivity index is 2.34. The maximum Gasteiger partial charge on any atom is 0.241 e. The molecule has 3 N–H and O–H groups in total. The number of sulfonamides is 1. The molecule has 0 atom stereocenters. The molecule has 8 heteroatoms. The van der Waals surface area contributed by atoms with E-state index in [0.29, 0.717) is 5.01 Å². The first-order chi connectivity index (χ1) is 9.22. The summed E-state index contributed by atoms with van der Waals surface area (Å²) in [6, 6.07) is 3.29. The SMILES string of the molecule is CC(C)(NS(=O)(=O)c1ccc(F)c(N)c1)c1nccs1. The van der Waals surface area contributed by atoms with Gasteiger partial charge in [0.2, 0.25) is 10.0 Å². The van der Waals surface area contributed by atoms with Gasteiger partial charge in [0.1, 0.15) is 10.8 Å². The van der Waals surface area contributed by atoms with Crippen molar-refractivity contribution in [1.82, 2.24) is 9.71 Å². The zero-order valence-electron chi connectivity index (χ0n) is 10.9. The molecule has 0 aliphatic rings. The number of hydrogen-bond donors (Lipinski definition) is 2. The molecule has 1 aromatic heterocycles. The molecule has 0 bridgehead atoms. The van der Waals surface area contributed by atoms with Crippen LogP contribution in [0.3, 0.4) is 0 Å². The Bertz CT molecular complexity index is 712. The van der Waals surface area contributed by atoms with Gasteiger partial charge in [0.05, 0.1) is 16.1 Å². The standard InChI is InChI=1S/C12H14FN3O2S2/c1-12(2,11-15-5-6-19-11)16-20(17,18)8-3-4-9(13)10(14)7-8/h3-7,16H,14H2,1-2H3. The van der Waals surface area contributed by atoms with Crippen molar-refractivity contribution in [2.75, 3.05) is 5.73 Å². The van der Waals surface area contributed by atoms with Crippen LogP contribution in [0.5, 0.6) is 0 Å². The van der Waals surface area contributed by atoms with Gasteiger partial charge in [-0.1, -0.05) is 0 Å². The molecule has 5 nitrogen and oxygen atoms in total. The summed E-state index contributed by atoms with van der Waals surface area (Å²) in [7, 11) is -3.81. The summed E-state index contributed by atoms with van der Waals surface area (Å²) in [4.78, 5) is 4.02. The summed E-state index contributed by atoms with van der Waals surface area (Å²) in [5, 5.41) is 2.40. The first-order valence-electron chi connectivity index (χ1n) is 5.71. The number of nitrogens with one attached hydrogen (secondary N) is 1. The van der Waals surface area contributed by atoms with Gasteiger partial charge in [-0.15, -0.1) is 11.3 Å². The maximum absolute atomic E-state index is 13.1. The number of thiazole rings is 1. The number of nitrogens with zero attached hydrogens (tertiary/aromatic N) is 1. The predicted octanol–water partition coefficient (Wildman–Crippen LogP) is 2.08. The van der Waals surface area contributed by atoms with Crippen LogP contribution >= 0.6 is 11.3 Å². The van der Waals surface area contributed by atoms with Crippen LogP contribution in [0.2, 0.25) is 0 Å². The molecule has 0 amide bonds. The lowest BCUT2D eigenvalue weighted by Crippen LogP contribution is -2.40. The summed E-state index contributed by atoms with van der Waals surface area (Å²) in [5.74, 6) is -0.650. The Kier molecular flexibility index (Phi) is 3.81. The molecule has 108 valence electrons. The van der Waals surface area contributed by atoms with E-state index < -0.39 is 21.4 Å². The molecule has 0 saturated carbocycles. The van der Waals surface area contributed by atoms with Gasteiger partial charge >= 0.3 is 0 Å². The van der Waals surface area contributed by atoms with Crippen LogP contribution in [0.15, 0.2) is 34.7 Å². The van der Waals surface area contributed by atoms with Crippen molar-refractivity contribution in [3.05, 3.63) is 40.6 Å². The number of benzene rings is 1. The second kappa shape index (κ2) is 5.12. The van der Waals surface area contributed by atoms with Crippen molar-refractivity contribution in [2.45, 2.75) is 24.3 Å². The Morgan fingerprint density at radius 1 is 1.40 bits per heavy atom. The third kappa shape index (κ3) is 2.97. The maximum atomic E-state index is 13.1. The topological polar surface area (TPSA) is 85.1 Å². The number of hydrogen-bond acceptors (Lipinski definition) is 5. The molecule has 2 rings (SSSR count). The van der Waals surface area contributed by atoms with E-state index in [2.05, 4.69) is 9.71 Å². The molecule has 0 unspecified atom stereocenters. The number of aromatic nitrogens is 1. The zero-order valence-corrected chi connectivity index (χ0v) is 12.6. The molecule has 0 aliphatic carbocycles. The van der Waals surface area contributed by atoms with Crippen molar-refractivity contribution in [3.8, 4) is 0 Å². The van der Waals surface area contributed by atoms with E-state index in [1.54, 1.807) is 25.4 Å². The average Bonchev–Trinajstić information content (AvgIpc) is 2.85. The lowest BCUT2D eigenvalue weighted by molar-refractivity contribution is 0.470. The number of nitrogen functional groups attached to an aromatic ring is 1. The van der Waals surface area contributed by atoms with Crippen LogP contribution in [0.1, 0.15) is 18.9 Å². The van der Waals surface area contributed by atoms with Gasteiger partial charge in [0.15, 0.2) is 0 Å². The Labute approximate surface area is 120 Å². The Hall–Kier alpha value is -1.51. The lowest BCUT2D eigenvalue weighted by atomic mass is 10.1. The first kappa shape index (κ1) is 14.9. The van der Waals surface area contributed by atoms with Crippen molar-refractivity contribution in [1.29, 1.82) is 0 Å². The molecular weight excluding hydrogens is 301 g/mol. The van der Waals surface area contributed by atoms with E-state index in [1.165, 1.54) is 17.4 Å². The molecule has 1 heterocycles. The van der Waals surface area contributed by atoms with Crippen LogP contribution < -0.4 is 10.5 Å². The van der Waals surface area contributed by atoms with Gasteiger partial charge < -0.3 is 5.73 Å². The normalized spacial score (nSPS) is 12.6. The molecule has 0 radical (unpaired) electrons. The number of anilines is 1. The Morgan fingerprint density at radius 3 is 2.65 bits per heavy atom. The molecule has 0 saturated heterocycles. The minimum atomic E-state index is -3.81. The summed E-state index contributed by atoms with van der Waals surface area (Å²) in [5.41, 5.74) is 4.32. The minimum Gasteiger partial charge on any atom is -0.396 e. The van der Waals surface area contributed by atoms with Gasteiger partial charge in [-0.05, 0) is 32.0 Å². The molecule has 0 fully saturated rings. The number of nitrogens with two attached hydrogens (primary N) is 1. The van der Waals surface area contributed by atoms with Gasteiger partial charge in [-0.2, -0.15) is 4.72 Å². The largest absolute Gasteiger partial charge is 0.396 e. The van der Waals surface area contributed by atoms with E-state index in [4.69, 9.17) is 5.73 Å². The van der Waals surface area contributed by atoms with Crippen molar-refractivity contribution in [2.24, 2.45) is 0 Å². The fourth-order valence-corrected chi connectivity index (χ4v) is 3.86. The van der Waals surface area contributed by atoms with Crippen molar-refractivity contribution < 1.29 is 12.8 Å². The smallest absolute Gasteiger partial charge is 0.241 e. The van der Waals surface area contributed by atoms with E-state index in [-0.39, 0.29) is 10.6 Å². The number of rotatable bonds is 4. The number of halogens is 1. The van der Waals surface area contributed by atoms with Crippen LogP contribution in [0, 0.1) is 5.82 Å². The van der Waals surface area contributed by atoms with Gasteiger partial charge in [-0.25, -0.2) is 17.8 Å². The first-order valence-corrected chi connectivity index (χ1v) is 8.08. The van der Waals surface area contributed by atoms with Gasteiger partial charge in [-0.3, -0.25) is 0 Å². The van der Waals surface area contributed by atoms with Gasteiger partial charge in [0, 0.05) is 11.6 Å². The van der Waals surface area contributed by atoms with Crippen molar-refractivity contribution >= 4 is 27.0 Å². The summed E-state index contributed by atoms with van der Waals surface area (Å²) in [6.07, 6.45) is 1.60. The van der Waals surface area contributed by atoms with Crippen LogP contribution in [0.25, 0.3) is 0 Å². The van der Waals surface area contributed by atoms with E-state index in [9.17, 15) is 12.8 Å². The summed E-state index contributed by atoms with van der Waals surface area (Å²) < 4.78 is 40.2. The average molecular weight is 315 g/mol. The highest BCUT2D eigenvalue weighted by Crippen LogP contribution is 2.25. The predicted molar refractivity (Wildman–Crippen MR) is 76.3 cm³/mol. The second-order valence-electron chi connectivity index (χ2n) is 4.75. The quantitative estimate of drug-likeness (QED) is 0.846. The molecule has 0 spiro atoms. The molecule has 2 aromatic rings. The minimum absolute atomic E-state index is 0.0824. The molecule has 1 aromatic carbocycles. The van der Waals surface area contributed by atoms with Crippen LogP contribution in [0.4, 0.5) is 10.1 Å². The zero-order chi connectivity index (χ0) is 15.0. The monoisotopic (exact) mass is 315 g/mol. The highest BCUT2D eigenvalue weighted by molar-refractivity contribution is 7.89. The van der Waals surface area contributed by atoms with Crippen molar-refractivity contribution in [3.63, 3.8) is 0 Å². The third-order valence-corrected chi connectivity index (χ3v) is 5.38. The molecule has 20 heavy (non-hydrogen) atoms. The lowest BCUT2D eigenvalue weighted by Gasteiger charge is -2.23. The molecule has 0 aliphatic heterocycles. The third-order valence-electron chi connectivity index (χ3n) is 2.63. The van der Waals surface area contributed by atoms with E-state index in [0.717, 1.165) is 12.1 Å². The highest BCUT2D eigenvalue weighted by atomic mass is 32.2.